The predicted molar refractivity (Wildman–Crippen MR) is 236 cm³/mol. The Balaban J connectivity index is 0.934. The average Bonchev–Trinajstić information content (AvgIpc) is 3.32. The fourth-order valence-electron chi connectivity index (χ4n) is 7.46. The number of ether oxygens (including phenoxy) is 7. The molecule has 0 bridgehead atoms. The normalized spacial score (nSPS) is 27.8. The Morgan fingerprint density at radius 2 is 1.34 bits per heavy atom. The lowest BCUT2D eigenvalue weighted by atomic mass is 9.96. The first-order valence-corrected chi connectivity index (χ1v) is 21.7. The molecule has 64 heavy (non-hydrogen) atoms. The Morgan fingerprint density at radius 1 is 0.703 bits per heavy atom. The van der Waals surface area contributed by atoms with Crippen LogP contribution in [-0.4, -0.2) is 113 Å². The molecule has 3 heterocycles. The molecule has 3 aliphatic heterocycles. The second-order valence-corrected chi connectivity index (χ2v) is 16.9. The highest BCUT2D eigenvalue weighted by molar-refractivity contribution is 14.1. The van der Waals surface area contributed by atoms with Gasteiger partial charge in [0, 0.05) is 25.8 Å². The Labute approximate surface area is 385 Å². The molecule has 0 spiro atoms. The minimum absolute atomic E-state index is 0.0340. The first-order chi connectivity index (χ1) is 30.9. The summed E-state index contributed by atoms with van der Waals surface area (Å²) in [5.41, 5.74) is 2.90. The van der Waals surface area contributed by atoms with Crippen molar-refractivity contribution >= 4 is 57.5 Å². The van der Waals surface area contributed by atoms with Gasteiger partial charge in [0.1, 0.15) is 55.4 Å². The second-order valence-electron chi connectivity index (χ2n) is 15.3. The zero-order chi connectivity index (χ0) is 44.9. The number of carbonyl (C=O) groups excluding carboxylic acids is 3. The lowest BCUT2D eigenvalue weighted by Gasteiger charge is -2.48. The van der Waals surface area contributed by atoms with Crippen molar-refractivity contribution in [1.82, 2.24) is 0 Å². The van der Waals surface area contributed by atoms with Crippen molar-refractivity contribution in [1.29, 1.82) is 0 Å². The Morgan fingerprint density at radius 3 is 2.06 bits per heavy atom. The predicted octanol–water partition coefficient (Wildman–Crippen LogP) is 5.19. The van der Waals surface area contributed by atoms with Crippen molar-refractivity contribution in [3.63, 3.8) is 0 Å². The van der Waals surface area contributed by atoms with E-state index < -0.39 is 86.2 Å². The summed E-state index contributed by atoms with van der Waals surface area (Å²) in [7, 11) is 0. The Hall–Kier alpha value is -4.67. The van der Waals surface area contributed by atoms with E-state index in [1.807, 2.05) is 24.3 Å². The van der Waals surface area contributed by atoms with Gasteiger partial charge in [-0.05, 0) is 76.7 Å². The van der Waals surface area contributed by atoms with Crippen molar-refractivity contribution < 1.29 is 68.0 Å². The summed E-state index contributed by atoms with van der Waals surface area (Å²) >= 11 is 8.56. The number of amides is 1. The van der Waals surface area contributed by atoms with Gasteiger partial charge in [-0.15, -0.1) is 0 Å². The zero-order valence-corrected chi connectivity index (χ0v) is 36.6. The molecule has 5 aromatic rings. The maximum atomic E-state index is 13.2. The van der Waals surface area contributed by atoms with Gasteiger partial charge in [0.2, 0.25) is 0 Å². The number of aliphatic hydroxyl groups excluding tert-OH is 4. The maximum absolute atomic E-state index is 13.2. The van der Waals surface area contributed by atoms with Crippen LogP contribution in [0.5, 0.6) is 0 Å². The average molecular weight is 1010 g/mol. The Bertz CT molecular complexity index is 2390. The van der Waals surface area contributed by atoms with Gasteiger partial charge in [-0.1, -0.05) is 90.5 Å². The largest absolute Gasteiger partial charge is 0.459 e. The lowest BCUT2D eigenvalue weighted by Crippen LogP contribution is -2.66. The highest BCUT2D eigenvalue weighted by Crippen LogP contribution is 2.36. The topological polar surface area (TPSA) is 209 Å². The van der Waals surface area contributed by atoms with Gasteiger partial charge in [0.25, 0.3) is 5.91 Å². The minimum atomic E-state index is -1.76. The number of aliphatic hydroxyl groups is 4. The van der Waals surface area contributed by atoms with E-state index in [1.54, 1.807) is 91.0 Å². The van der Waals surface area contributed by atoms with Crippen LogP contribution in [0.2, 0.25) is 5.02 Å². The van der Waals surface area contributed by atoms with Crippen LogP contribution in [0.3, 0.4) is 0 Å². The second kappa shape index (κ2) is 20.7. The first kappa shape index (κ1) is 45.9. The van der Waals surface area contributed by atoms with Crippen LogP contribution in [0.4, 0.5) is 5.69 Å². The number of halogens is 2. The highest BCUT2D eigenvalue weighted by atomic mass is 127. The van der Waals surface area contributed by atoms with Gasteiger partial charge in [0.15, 0.2) is 24.7 Å². The molecule has 334 valence electrons. The SMILES string of the molecule is O=C(Nc1cc(CO[C@@H]2O[C@H](COC(=O)c3ccc(I)cc3)[C@@H](O[C@H]3O[C@@H]4COC(c5ccccc5)O[C@H]4[C@H](O)[C@H]3O)[C@H](O)[C@H]2O)ccc1Cl)c1ccc(C(=O)c2ccccc2)cc1. The van der Waals surface area contributed by atoms with E-state index in [0.29, 0.717) is 22.3 Å². The van der Waals surface area contributed by atoms with Crippen molar-refractivity contribution in [2.75, 3.05) is 18.5 Å². The van der Waals surface area contributed by atoms with Gasteiger partial charge in [0.05, 0.1) is 29.5 Å². The van der Waals surface area contributed by atoms with Gasteiger partial charge in [-0.2, -0.15) is 0 Å². The third-order valence-corrected chi connectivity index (χ3v) is 12.0. The summed E-state index contributed by atoms with van der Waals surface area (Å²) in [6.45, 7) is -0.747. The van der Waals surface area contributed by atoms with E-state index in [0.717, 1.165) is 3.57 Å². The molecule has 0 radical (unpaired) electrons. The smallest absolute Gasteiger partial charge is 0.338 e. The zero-order valence-electron chi connectivity index (χ0n) is 33.7. The molecule has 1 amide bonds. The standard InChI is InChI=1S/C47H43ClINO14/c48-32-20-11-25(21-33(32)50-43(56)28-14-12-27(13-15-28)36(51)26-7-3-1-4-8-26)22-59-46-39(54)37(52)42(34(61-46)23-58-44(57)29-16-18-31(49)19-17-29)64-47-40(55)38(53)41-35(62-47)24-60-45(63-41)30-9-5-2-6-10-30/h1-21,34-35,37-42,45-47,52-55H,22-24H2,(H,50,56)/t34-,35-,37-,38-,39-,40-,41-,42-,45?,46-,47-/m1/s1. The van der Waals surface area contributed by atoms with Crippen molar-refractivity contribution in [3.05, 3.63) is 169 Å². The van der Waals surface area contributed by atoms with Crippen molar-refractivity contribution in [2.45, 2.75) is 74.3 Å². The number of anilines is 1. The van der Waals surface area contributed by atoms with E-state index in [2.05, 4.69) is 27.9 Å². The molecule has 1 unspecified atom stereocenters. The molecule has 8 rings (SSSR count). The van der Waals surface area contributed by atoms with Crippen molar-refractivity contribution in [2.24, 2.45) is 0 Å². The lowest BCUT2D eigenvalue weighted by molar-refractivity contribution is -0.386. The van der Waals surface area contributed by atoms with Gasteiger partial charge in [-0.3, -0.25) is 9.59 Å². The monoisotopic (exact) mass is 1010 g/mol. The van der Waals surface area contributed by atoms with E-state index >= 15 is 0 Å². The van der Waals surface area contributed by atoms with Crippen molar-refractivity contribution in [3.8, 4) is 0 Å². The minimum Gasteiger partial charge on any atom is -0.459 e. The molecule has 0 saturated carbocycles. The number of hydrogen-bond acceptors (Lipinski definition) is 14. The molecule has 3 fully saturated rings. The van der Waals surface area contributed by atoms with Crippen LogP contribution in [0.15, 0.2) is 127 Å². The van der Waals surface area contributed by atoms with E-state index in [1.165, 1.54) is 12.1 Å². The van der Waals surface area contributed by atoms with Gasteiger partial charge < -0.3 is 58.9 Å². The van der Waals surface area contributed by atoms with E-state index in [-0.39, 0.29) is 40.8 Å². The first-order valence-electron chi connectivity index (χ1n) is 20.3. The summed E-state index contributed by atoms with van der Waals surface area (Å²) in [5, 5.41) is 48.3. The molecule has 5 N–H and O–H groups in total. The molecule has 5 aromatic carbocycles. The molecule has 15 nitrogen and oxygen atoms in total. The summed E-state index contributed by atoms with van der Waals surface area (Å²) in [6.07, 6.45) is -15.3. The number of benzene rings is 5. The van der Waals surface area contributed by atoms with Crippen LogP contribution < -0.4 is 5.32 Å². The maximum Gasteiger partial charge on any atom is 0.338 e. The summed E-state index contributed by atoms with van der Waals surface area (Å²) in [4.78, 5) is 39.2. The highest BCUT2D eigenvalue weighted by Gasteiger charge is 2.53. The van der Waals surface area contributed by atoms with Crippen LogP contribution in [0.1, 0.15) is 54.1 Å². The van der Waals surface area contributed by atoms with Crippen LogP contribution >= 0.6 is 34.2 Å². The fraction of sp³-hybridized carbons (Fsp3) is 0.298. The summed E-state index contributed by atoms with van der Waals surface area (Å²) in [6, 6.07) is 35.4. The summed E-state index contributed by atoms with van der Waals surface area (Å²) in [5.74, 6) is -1.38. The van der Waals surface area contributed by atoms with E-state index in [9.17, 15) is 34.8 Å². The van der Waals surface area contributed by atoms with Crippen LogP contribution in [0, 0.1) is 3.57 Å². The number of hydrogen-bond donors (Lipinski definition) is 5. The number of nitrogens with one attached hydrogen (secondary N) is 1. The molecular formula is C47H43ClINO14. The molecule has 3 saturated heterocycles. The number of esters is 1. The van der Waals surface area contributed by atoms with Gasteiger partial charge >= 0.3 is 5.97 Å². The molecular weight excluding hydrogens is 965 g/mol. The molecule has 11 atom stereocenters. The third-order valence-electron chi connectivity index (χ3n) is 10.9. The molecule has 0 aromatic heterocycles. The number of fused-ring (bicyclic) bond motifs is 1. The molecule has 3 aliphatic rings. The Kier molecular flexibility index (Phi) is 14.8. The summed E-state index contributed by atoms with van der Waals surface area (Å²) < 4.78 is 42.5. The number of ketones is 1. The third kappa shape index (κ3) is 10.5. The number of rotatable bonds is 13. The molecule has 0 aliphatic carbocycles. The van der Waals surface area contributed by atoms with Crippen LogP contribution in [-0.2, 0) is 39.8 Å². The van der Waals surface area contributed by atoms with Crippen LogP contribution in [0.25, 0.3) is 0 Å². The molecule has 17 heteroatoms. The van der Waals surface area contributed by atoms with Gasteiger partial charge in [-0.25, -0.2) is 4.79 Å². The quantitative estimate of drug-likeness (QED) is 0.0585. The van der Waals surface area contributed by atoms with E-state index in [4.69, 9.17) is 44.8 Å². The number of carbonyl (C=O) groups is 3. The fourth-order valence-corrected chi connectivity index (χ4v) is 7.98.